The molecule has 2 heterocycles. The topological polar surface area (TPSA) is 46.5 Å². The van der Waals surface area contributed by atoms with Gasteiger partial charge in [0.25, 0.3) is 0 Å². The van der Waals surface area contributed by atoms with Crippen molar-refractivity contribution < 1.29 is 17.9 Å². The van der Waals surface area contributed by atoms with Gasteiger partial charge in [0.05, 0.1) is 11.4 Å². The van der Waals surface area contributed by atoms with Crippen LogP contribution >= 0.6 is 0 Å². The molecule has 4 rings (SSSR count). The van der Waals surface area contributed by atoms with E-state index in [2.05, 4.69) is 15.3 Å². The van der Waals surface area contributed by atoms with Crippen LogP contribution in [0.2, 0.25) is 0 Å². The van der Waals surface area contributed by atoms with Crippen LogP contribution in [-0.4, -0.2) is 29.9 Å². The maximum atomic E-state index is 13.5. The number of ether oxygens (including phenoxy) is 1. The highest BCUT2D eigenvalue weighted by Gasteiger charge is 2.34. The largest absolute Gasteiger partial charge is 0.473 e. The van der Waals surface area contributed by atoms with E-state index in [1.54, 1.807) is 0 Å². The van der Waals surface area contributed by atoms with Gasteiger partial charge < -0.3 is 10.1 Å². The molecule has 154 valence electrons. The third-order valence-corrected chi connectivity index (χ3v) is 4.71. The van der Waals surface area contributed by atoms with Gasteiger partial charge in [-0.2, -0.15) is 13.2 Å². The minimum Gasteiger partial charge on any atom is -0.473 e. The van der Waals surface area contributed by atoms with Crippen molar-refractivity contribution >= 4 is 11.4 Å². The number of pyridine rings is 1. The van der Waals surface area contributed by atoms with Gasteiger partial charge >= 0.3 is 6.18 Å². The SMILES string of the molecule is FC(F)(F)c1cc(N=C(c2ccccc2)c2ccccc2)cc(O[C@H]2CCNC2)n1. The predicted molar refractivity (Wildman–Crippen MR) is 109 cm³/mol. The number of rotatable bonds is 5. The Balaban J connectivity index is 1.80. The third kappa shape index (κ3) is 4.86. The maximum Gasteiger partial charge on any atom is 0.433 e. The van der Waals surface area contributed by atoms with Gasteiger partial charge in [0.2, 0.25) is 5.88 Å². The van der Waals surface area contributed by atoms with Crippen molar-refractivity contribution in [2.45, 2.75) is 18.7 Å². The van der Waals surface area contributed by atoms with Gasteiger partial charge in [-0.1, -0.05) is 60.7 Å². The zero-order valence-corrected chi connectivity index (χ0v) is 16.1. The number of nitrogens with zero attached hydrogens (tertiary/aromatic N) is 2. The fourth-order valence-corrected chi connectivity index (χ4v) is 3.28. The second-order valence-electron chi connectivity index (χ2n) is 6.97. The van der Waals surface area contributed by atoms with E-state index < -0.39 is 11.9 Å². The molecule has 2 aromatic carbocycles. The molecule has 1 saturated heterocycles. The Labute approximate surface area is 172 Å². The van der Waals surface area contributed by atoms with Crippen molar-refractivity contribution in [3.8, 4) is 5.88 Å². The Morgan fingerprint density at radius 3 is 2.13 bits per heavy atom. The number of hydrogen-bond acceptors (Lipinski definition) is 4. The number of alkyl halides is 3. The van der Waals surface area contributed by atoms with Gasteiger partial charge in [0.1, 0.15) is 6.10 Å². The van der Waals surface area contributed by atoms with E-state index in [0.717, 1.165) is 30.2 Å². The van der Waals surface area contributed by atoms with Crippen LogP contribution in [0.5, 0.6) is 5.88 Å². The highest BCUT2D eigenvalue weighted by atomic mass is 19.4. The molecule has 0 unspecified atom stereocenters. The monoisotopic (exact) mass is 411 g/mol. The van der Waals surface area contributed by atoms with Crippen molar-refractivity contribution in [3.05, 3.63) is 89.6 Å². The highest BCUT2D eigenvalue weighted by molar-refractivity contribution is 6.13. The molecule has 1 N–H and O–H groups in total. The van der Waals surface area contributed by atoms with E-state index in [-0.39, 0.29) is 17.7 Å². The van der Waals surface area contributed by atoms with Crippen LogP contribution in [-0.2, 0) is 6.18 Å². The van der Waals surface area contributed by atoms with Gasteiger partial charge in [-0.25, -0.2) is 9.98 Å². The molecule has 1 fully saturated rings. The van der Waals surface area contributed by atoms with Gasteiger partial charge in [0, 0.05) is 23.7 Å². The average Bonchev–Trinajstić information content (AvgIpc) is 3.25. The fraction of sp³-hybridized carbons (Fsp3) is 0.217. The Morgan fingerprint density at radius 2 is 1.60 bits per heavy atom. The van der Waals surface area contributed by atoms with Crippen LogP contribution in [0, 0.1) is 0 Å². The molecule has 0 aliphatic carbocycles. The molecule has 7 heteroatoms. The summed E-state index contributed by atoms with van der Waals surface area (Å²) in [6.45, 7) is 1.34. The van der Waals surface area contributed by atoms with Gasteiger partial charge in [0.15, 0.2) is 5.69 Å². The van der Waals surface area contributed by atoms with Crippen LogP contribution in [0.3, 0.4) is 0 Å². The molecule has 3 aromatic rings. The summed E-state index contributed by atoms with van der Waals surface area (Å²) in [4.78, 5) is 8.27. The molecule has 30 heavy (non-hydrogen) atoms. The van der Waals surface area contributed by atoms with Gasteiger partial charge in [-0.05, 0) is 19.0 Å². The van der Waals surface area contributed by atoms with E-state index in [1.807, 2.05) is 60.7 Å². The summed E-state index contributed by atoms with van der Waals surface area (Å²) in [5, 5.41) is 3.12. The van der Waals surface area contributed by atoms with E-state index in [4.69, 9.17) is 4.74 Å². The Bertz CT molecular complexity index is 973. The summed E-state index contributed by atoms with van der Waals surface area (Å²) < 4.78 is 46.1. The van der Waals surface area contributed by atoms with Crippen molar-refractivity contribution in [3.63, 3.8) is 0 Å². The Hall–Kier alpha value is -3.19. The lowest BCUT2D eigenvalue weighted by atomic mass is 10.0. The summed E-state index contributed by atoms with van der Waals surface area (Å²) in [6, 6.07) is 21.1. The first-order valence-electron chi connectivity index (χ1n) is 9.65. The molecule has 0 amide bonds. The molecule has 0 saturated carbocycles. The Kier molecular flexibility index (Phi) is 5.81. The second kappa shape index (κ2) is 8.67. The number of aromatic nitrogens is 1. The van der Waals surface area contributed by atoms with E-state index >= 15 is 0 Å². The van der Waals surface area contributed by atoms with Crippen molar-refractivity contribution in [2.75, 3.05) is 13.1 Å². The molecule has 1 aliphatic rings. The summed E-state index contributed by atoms with van der Waals surface area (Å²) in [5.74, 6) is -0.0715. The zero-order chi connectivity index (χ0) is 21.0. The average molecular weight is 411 g/mol. The standard InChI is InChI=1S/C23H20F3N3O/c24-23(25,26)20-13-18(14-21(29-20)30-19-11-12-27-15-19)28-22(16-7-3-1-4-8-16)17-9-5-2-6-10-17/h1-10,13-14,19,27H,11-12,15H2/t19-/m0/s1. The Morgan fingerprint density at radius 1 is 0.967 bits per heavy atom. The molecule has 4 nitrogen and oxygen atoms in total. The lowest BCUT2D eigenvalue weighted by molar-refractivity contribution is -0.141. The van der Waals surface area contributed by atoms with Crippen LogP contribution < -0.4 is 10.1 Å². The minimum absolute atomic E-state index is 0.0715. The molecule has 0 bridgehead atoms. The quantitative estimate of drug-likeness (QED) is 0.601. The van der Waals surface area contributed by atoms with E-state index in [0.29, 0.717) is 12.3 Å². The second-order valence-corrected chi connectivity index (χ2v) is 6.97. The van der Waals surface area contributed by atoms with Crippen LogP contribution in [0.1, 0.15) is 23.2 Å². The third-order valence-electron chi connectivity index (χ3n) is 4.71. The van der Waals surface area contributed by atoms with Crippen LogP contribution in [0.4, 0.5) is 18.9 Å². The fourth-order valence-electron chi connectivity index (χ4n) is 3.28. The van der Waals surface area contributed by atoms with Crippen LogP contribution in [0.15, 0.2) is 77.8 Å². The van der Waals surface area contributed by atoms with Crippen LogP contribution in [0.25, 0.3) is 0 Å². The lowest BCUT2D eigenvalue weighted by Gasteiger charge is -2.15. The van der Waals surface area contributed by atoms with Crippen molar-refractivity contribution in [1.82, 2.24) is 10.3 Å². The van der Waals surface area contributed by atoms with Gasteiger partial charge in [-0.3, -0.25) is 0 Å². The lowest BCUT2D eigenvalue weighted by Crippen LogP contribution is -2.20. The smallest absolute Gasteiger partial charge is 0.433 e. The summed E-state index contributed by atoms with van der Waals surface area (Å²) in [7, 11) is 0. The number of benzene rings is 2. The predicted octanol–water partition coefficient (Wildman–Crippen LogP) is 5.01. The number of aliphatic imine (C=N–C) groups is 1. The van der Waals surface area contributed by atoms with Gasteiger partial charge in [-0.15, -0.1) is 0 Å². The minimum atomic E-state index is -4.60. The molecule has 1 aliphatic heterocycles. The first-order chi connectivity index (χ1) is 14.5. The van der Waals surface area contributed by atoms with Crippen molar-refractivity contribution in [1.29, 1.82) is 0 Å². The number of halogens is 3. The molecule has 0 spiro atoms. The summed E-state index contributed by atoms with van der Waals surface area (Å²) in [6.07, 6.45) is -4.09. The van der Waals surface area contributed by atoms with E-state index in [9.17, 15) is 13.2 Å². The zero-order valence-electron chi connectivity index (χ0n) is 16.1. The molecular formula is C23H20F3N3O. The molecule has 1 aromatic heterocycles. The number of nitrogens with one attached hydrogen (secondary N) is 1. The molecule has 0 radical (unpaired) electrons. The molecular weight excluding hydrogens is 391 g/mol. The highest BCUT2D eigenvalue weighted by Crippen LogP contribution is 2.33. The van der Waals surface area contributed by atoms with Crippen molar-refractivity contribution in [2.24, 2.45) is 4.99 Å². The molecule has 1 atom stereocenters. The van der Waals surface area contributed by atoms with E-state index in [1.165, 1.54) is 6.07 Å². The number of hydrogen-bond donors (Lipinski definition) is 1. The summed E-state index contributed by atoms with van der Waals surface area (Å²) >= 11 is 0. The maximum absolute atomic E-state index is 13.5. The summed E-state index contributed by atoms with van der Waals surface area (Å²) in [5.41, 5.74) is 1.29. The first-order valence-corrected chi connectivity index (χ1v) is 9.65. The first kappa shape index (κ1) is 20.1. The normalized spacial score (nSPS) is 16.3.